The van der Waals surface area contributed by atoms with Crippen LogP contribution in [0.3, 0.4) is 0 Å². The average Bonchev–Trinajstić information content (AvgIpc) is 2.93. The summed E-state index contributed by atoms with van der Waals surface area (Å²) in [7, 11) is 0. The molecule has 0 aliphatic rings. The summed E-state index contributed by atoms with van der Waals surface area (Å²) in [5.41, 5.74) is 5.85. The number of amides is 1. The van der Waals surface area contributed by atoms with Crippen LogP contribution in [0.4, 0.5) is 5.69 Å². The minimum atomic E-state index is -0.855. The van der Waals surface area contributed by atoms with Crippen molar-refractivity contribution in [2.75, 3.05) is 0 Å². The van der Waals surface area contributed by atoms with Crippen molar-refractivity contribution in [2.24, 2.45) is 5.73 Å². The second-order valence-electron chi connectivity index (χ2n) is 4.49. The molecule has 1 aromatic carbocycles. The van der Waals surface area contributed by atoms with Crippen molar-refractivity contribution < 1.29 is 14.1 Å². The molecular weight excluding hydrogens is 286 g/mol. The van der Waals surface area contributed by atoms with Gasteiger partial charge in [-0.25, -0.2) is 0 Å². The van der Waals surface area contributed by atoms with E-state index in [1.807, 2.05) is 0 Å². The van der Waals surface area contributed by atoms with E-state index in [2.05, 4.69) is 0 Å². The van der Waals surface area contributed by atoms with Crippen molar-refractivity contribution >= 4 is 17.7 Å². The van der Waals surface area contributed by atoms with Crippen molar-refractivity contribution in [1.82, 2.24) is 0 Å². The van der Waals surface area contributed by atoms with Crippen molar-refractivity contribution in [2.45, 2.75) is 6.92 Å². The molecule has 0 saturated heterocycles. The van der Waals surface area contributed by atoms with Crippen LogP contribution in [-0.4, -0.2) is 10.8 Å². The van der Waals surface area contributed by atoms with Gasteiger partial charge in [-0.1, -0.05) is 12.1 Å². The molecule has 2 N–H and O–H groups in total. The molecule has 1 aromatic heterocycles. The second-order valence-corrected chi connectivity index (χ2v) is 4.49. The van der Waals surface area contributed by atoms with Crippen molar-refractivity contribution in [3.63, 3.8) is 0 Å². The molecule has 0 atom stereocenters. The Morgan fingerprint density at radius 3 is 2.73 bits per heavy atom. The molecular formula is C15H11N3O4. The number of aryl methyl sites for hydroxylation is 1. The number of nitrogens with zero attached hydrogens (tertiary/aromatic N) is 2. The zero-order chi connectivity index (χ0) is 16.3. The number of primary amides is 1. The predicted octanol–water partition coefficient (Wildman–Crippen LogP) is 2.56. The third kappa shape index (κ3) is 3.02. The summed E-state index contributed by atoms with van der Waals surface area (Å²) in [6.45, 7) is 1.64. The SMILES string of the molecule is Cc1ccc(-c2ccc(/C=C(/C#N)C(N)=O)o2)cc1[N+](=O)[O-]. The molecule has 0 radical (unpaired) electrons. The Morgan fingerprint density at radius 1 is 1.41 bits per heavy atom. The van der Waals surface area contributed by atoms with Crippen LogP contribution in [0.5, 0.6) is 0 Å². The maximum atomic E-state index is 11.0. The highest BCUT2D eigenvalue weighted by Crippen LogP contribution is 2.28. The normalized spacial score (nSPS) is 11.0. The molecule has 0 aliphatic heterocycles. The maximum Gasteiger partial charge on any atom is 0.273 e. The maximum absolute atomic E-state index is 11.0. The Labute approximate surface area is 125 Å². The summed E-state index contributed by atoms with van der Waals surface area (Å²) < 4.78 is 5.47. The summed E-state index contributed by atoms with van der Waals surface area (Å²) in [5, 5.41) is 19.7. The van der Waals surface area contributed by atoms with Gasteiger partial charge in [0.15, 0.2) is 0 Å². The van der Waals surface area contributed by atoms with Crippen LogP contribution in [0, 0.1) is 28.4 Å². The van der Waals surface area contributed by atoms with Gasteiger partial charge >= 0.3 is 0 Å². The lowest BCUT2D eigenvalue weighted by Crippen LogP contribution is -2.12. The standard InChI is InChI=1S/C15H11N3O4/c1-9-2-3-10(7-13(9)18(20)21)14-5-4-12(22-14)6-11(8-16)15(17)19/h2-7H,1H3,(H2,17,19)/b11-6-. The first kappa shape index (κ1) is 15.0. The fourth-order valence-electron chi connectivity index (χ4n) is 1.85. The van der Waals surface area contributed by atoms with Crippen LogP contribution in [0.15, 0.2) is 40.3 Å². The first-order chi connectivity index (χ1) is 10.4. The van der Waals surface area contributed by atoms with Gasteiger partial charge in [-0.15, -0.1) is 0 Å². The molecule has 2 rings (SSSR count). The van der Waals surface area contributed by atoms with Gasteiger partial charge in [0, 0.05) is 23.3 Å². The first-order valence-corrected chi connectivity index (χ1v) is 6.19. The third-order valence-electron chi connectivity index (χ3n) is 2.99. The Morgan fingerprint density at radius 2 is 2.14 bits per heavy atom. The van der Waals surface area contributed by atoms with E-state index in [1.165, 1.54) is 12.1 Å². The van der Waals surface area contributed by atoms with Gasteiger partial charge < -0.3 is 10.2 Å². The number of hydrogen-bond donors (Lipinski definition) is 1. The highest BCUT2D eigenvalue weighted by Gasteiger charge is 2.14. The molecule has 0 bridgehead atoms. The van der Waals surface area contributed by atoms with Crippen LogP contribution in [0.25, 0.3) is 17.4 Å². The molecule has 0 aliphatic carbocycles. The van der Waals surface area contributed by atoms with Crippen LogP contribution in [-0.2, 0) is 4.79 Å². The van der Waals surface area contributed by atoms with E-state index in [0.717, 1.165) is 0 Å². The van der Waals surface area contributed by atoms with E-state index in [9.17, 15) is 14.9 Å². The third-order valence-corrected chi connectivity index (χ3v) is 2.99. The van der Waals surface area contributed by atoms with E-state index in [0.29, 0.717) is 16.9 Å². The van der Waals surface area contributed by atoms with E-state index < -0.39 is 10.8 Å². The lowest BCUT2D eigenvalue weighted by molar-refractivity contribution is -0.385. The number of furan rings is 1. The molecule has 0 saturated carbocycles. The number of rotatable bonds is 4. The number of nitrogens with two attached hydrogens (primary N) is 1. The summed E-state index contributed by atoms with van der Waals surface area (Å²) in [4.78, 5) is 21.5. The number of benzene rings is 1. The number of nitro benzene ring substituents is 1. The topological polar surface area (TPSA) is 123 Å². The quantitative estimate of drug-likeness (QED) is 0.402. The predicted molar refractivity (Wildman–Crippen MR) is 78.3 cm³/mol. The van der Waals surface area contributed by atoms with E-state index in [1.54, 1.807) is 37.3 Å². The van der Waals surface area contributed by atoms with Gasteiger partial charge in [-0.3, -0.25) is 14.9 Å². The highest BCUT2D eigenvalue weighted by atomic mass is 16.6. The van der Waals surface area contributed by atoms with E-state index in [4.69, 9.17) is 15.4 Å². The zero-order valence-electron chi connectivity index (χ0n) is 11.6. The Balaban J connectivity index is 2.41. The summed E-state index contributed by atoms with van der Waals surface area (Å²) in [6.07, 6.45) is 1.22. The zero-order valence-corrected chi connectivity index (χ0v) is 11.6. The molecule has 1 heterocycles. The number of nitro groups is 1. The van der Waals surface area contributed by atoms with Crippen LogP contribution in [0.1, 0.15) is 11.3 Å². The smallest absolute Gasteiger partial charge is 0.273 e. The lowest BCUT2D eigenvalue weighted by atomic mass is 10.1. The van der Waals surface area contributed by atoms with Gasteiger partial charge in [0.2, 0.25) is 0 Å². The molecule has 7 heteroatoms. The average molecular weight is 297 g/mol. The van der Waals surface area contributed by atoms with Crippen LogP contribution >= 0.6 is 0 Å². The van der Waals surface area contributed by atoms with Gasteiger partial charge in [0.05, 0.1) is 4.92 Å². The fraction of sp³-hybridized carbons (Fsp3) is 0.0667. The highest BCUT2D eigenvalue weighted by molar-refractivity contribution is 6.00. The fourth-order valence-corrected chi connectivity index (χ4v) is 1.85. The number of hydrogen-bond acceptors (Lipinski definition) is 5. The molecule has 22 heavy (non-hydrogen) atoms. The van der Waals surface area contributed by atoms with Gasteiger partial charge in [-0.05, 0) is 19.1 Å². The van der Waals surface area contributed by atoms with Gasteiger partial charge in [0.1, 0.15) is 23.2 Å². The molecule has 2 aromatic rings. The van der Waals surface area contributed by atoms with Crippen LogP contribution < -0.4 is 5.73 Å². The summed E-state index contributed by atoms with van der Waals surface area (Å²) >= 11 is 0. The molecule has 1 amide bonds. The number of nitriles is 1. The Kier molecular flexibility index (Phi) is 4.04. The monoisotopic (exact) mass is 297 g/mol. The molecule has 0 fully saturated rings. The Bertz CT molecular complexity index is 828. The van der Waals surface area contributed by atoms with E-state index >= 15 is 0 Å². The molecule has 110 valence electrons. The molecule has 0 unspecified atom stereocenters. The summed E-state index contributed by atoms with van der Waals surface area (Å²) in [6, 6.07) is 9.52. The first-order valence-electron chi connectivity index (χ1n) is 6.19. The van der Waals surface area contributed by atoms with Gasteiger partial charge in [0.25, 0.3) is 11.6 Å². The molecule has 0 spiro atoms. The van der Waals surface area contributed by atoms with E-state index in [-0.39, 0.29) is 17.0 Å². The van der Waals surface area contributed by atoms with Crippen LogP contribution in [0.2, 0.25) is 0 Å². The number of carbonyl (C=O) groups excluding carboxylic acids is 1. The minimum absolute atomic E-state index is 0.0131. The number of carbonyl (C=O) groups is 1. The minimum Gasteiger partial charge on any atom is -0.457 e. The largest absolute Gasteiger partial charge is 0.457 e. The van der Waals surface area contributed by atoms with Crippen molar-refractivity contribution in [3.8, 4) is 17.4 Å². The second kappa shape index (κ2) is 5.93. The van der Waals surface area contributed by atoms with Gasteiger partial charge in [-0.2, -0.15) is 5.26 Å². The van der Waals surface area contributed by atoms with Crippen molar-refractivity contribution in [3.05, 3.63) is 57.3 Å². The molecule has 7 nitrogen and oxygen atoms in total. The summed E-state index contributed by atoms with van der Waals surface area (Å²) in [5.74, 6) is -0.212. The lowest BCUT2D eigenvalue weighted by Gasteiger charge is -2.00. The van der Waals surface area contributed by atoms with Crippen molar-refractivity contribution in [1.29, 1.82) is 5.26 Å². The Hall–Kier alpha value is -3.40.